The molecule has 0 saturated heterocycles. The van der Waals surface area contributed by atoms with Crippen LogP contribution in [0.3, 0.4) is 0 Å². The first kappa shape index (κ1) is 13.9. The van der Waals surface area contributed by atoms with Crippen molar-refractivity contribution in [3.63, 3.8) is 0 Å². The Balaban J connectivity index is 2.71. The van der Waals surface area contributed by atoms with Crippen molar-refractivity contribution in [1.29, 1.82) is 0 Å². The van der Waals surface area contributed by atoms with Gasteiger partial charge in [-0.25, -0.2) is 4.79 Å². The minimum Gasteiger partial charge on any atom is -0.496 e. The Morgan fingerprint density at radius 2 is 2.00 bits per heavy atom. The van der Waals surface area contributed by atoms with Gasteiger partial charge in [-0.1, -0.05) is 19.9 Å². The SMILES string of the molecule is COc1ccc(C(C)C)cc1-c1[nH][nH]c(=O)c1C(=O)O. The third kappa shape index (κ3) is 2.32. The van der Waals surface area contributed by atoms with E-state index in [4.69, 9.17) is 9.84 Å². The van der Waals surface area contributed by atoms with Gasteiger partial charge in [-0.2, -0.15) is 0 Å². The highest BCUT2D eigenvalue weighted by atomic mass is 16.5. The molecule has 2 rings (SSSR count). The van der Waals surface area contributed by atoms with E-state index in [-0.39, 0.29) is 17.2 Å². The van der Waals surface area contributed by atoms with E-state index in [1.54, 1.807) is 6.07 Å². The number of benzene rings is 1. The third-order valence-electron chi connectivity index (χ3n) is 3.15. The Hall–Kier alpha value is -2.50. The van der Waals surface area contributed by atoms with Gasteiger partial charge in [0.2, 0.25) is 0 Å². The number of ether oxygens (including phenoxy) is 1. The summed E-state index contributed by atoms with van der Waals surface area (Å²) in [6, 6.07) is 5.51. The van der Waals surface area contributed by atoms with E-state index in [0.29, 0.717) is 11.3 Å². The molecule has 0 aliphatic carbocycles. The minimum absolute atomic E-state index is 0.224. The van der Waals surface area contributed by atoms with E-state index in [0.717, 1.165) is 5.56 Å². The second-order valence-corrected chi connectivity index (χ2v) is 4.75. The molecule has 106 valence electrons. The van der Waals surface area contributed by atoms with Crippen LogP contribution in [0.4, 0.5) is 0 Å². The molecule has 0 unspecified atom stereocenters. The fourth-order valence-electron chi connectivity index (χ4n) is 2.04. The molecule has 6 nitrogen and oxygen atoms in total. The van der Waals surface area contributed by atoms with E-state index in [9.17, 15) is 9.59 Å². The van der Waals surface area contributed by atoms with Crippen LogP contribution in [0.1, 0.15) is 35.7 Å². The van der Waals surface area contributed by atoms with Gasteiger partial charge in [0.15, 0.2) is 5.56 Å². The van der Waals surface area contributed by atoms with Crippen LogP contribution in [-0.2, 0) is 0 Å². The van der Waals surface area contributed by atoms with E-state index < -0.39 is 11.5 Å². The smallest absolute Gasteiger partial charge is 0.343 e. The number of H-pyrrole nitrogens is 2. The maximum atomic E-state index is 11.6. The summed E-state index contributed by atoms with van der Waals surface area (Å²) in [7, 11) is 1.50. The molecular weight excluding hydrogens is 260 g/mol. The number of nitrogens with one attached hydrogen (secondary N) is 2. The number of methoxy groups -OCH3 is 1. The fraction of sp³-hybridized carbons (Fsp3) is 0.286. The molecule has 0 aliphatic rings. The lowest BCUT2D eigenvalue weighted by Crippen LogP contribution is -2.12. The highest BCUT2D eigenvalue weighted by Crippen LogP contribution is 2.32. The van der Waals surface area contributed by atoms with E-state index >= 15 is 0 Å². The number of hydrogen-bond donors (Lipinski definition) is 3. The van der Waals surface area contributed by atoms with Gasteiger partial charge in [-0.3, -0.25) is 15.0 Å². The molecule has 0 atom stereocenters. The van der Waals surface area contributed by atoms with Gasteiger partial charge in [0, 0.05) is 5.56 Å². The van der Waals surface area contributed by atoms with Gasteiger partial charge in [-0.05, 0) is 23.6 Å². The predicted molar refractivity (Wildman–Crippen MR) is 74.4 cm³/mol. The molecule has 2 aromatic rings. The van der Waals surface area contributed by atoms with Crippen LogP contribution in [0.5, 0.6) is 5.75 Å². The number of carboxylic acid groups (broad SMARTS) is 1. The summed E-state index contributed by atoms with van der Waals surface area (Å²) in [6.45, 7) is 4.06. The molecule has 1 aromatic carbocycles. The van der Waals surface area contributed by atoms with Crippen molar-refractivity contribution in [3.8, 4) is 17.0 Å². The average molecular weight is 276 g/mol. The molecule has 0 amide bonds. The first-order valence-electron chi connectivity index (χ1n) is 6.18. The molecule has 0 spiro atoms. The van der Waals surface area contributed by atoms with Crippen molar-refractivity contribution >= 4 is 5.97 Å². The Morgan fingerprint density at radius 1 is 1.30 bits per heavy atom. The molecule has 0 saturated carbocycles. The monoisotopic (exact) mass is 276 g/mol. The second-order valence-electron chi connectivity index (χ2n) is 4.75. The molecule has 0 bridgehead atoms. The number of hydrogen-bond acceptors (Lipinski definition) is 3. The summed E-state index contributed by atoms with van der Waals surface area (Å²) in [6.07, 6.45) is 0. The Bertz CT molecular complexity index is 697. The van der Waals surface area contributed by atoms with Crippen LogP contribution >= 0.6 is 0 Å². The lowest BCUT2D eigenvalue weighted by Gasteiger charge is -2.12. The van der Waals surface area contributed by atoms with E-state index in [1.807, 2.05) is 26.0 Å². The highest BCUT2D eigenvalue weighted by molar-refractivity contribution is 5.95. The van der Waals surface area contributed by atoms with Crippen LogP contribution < -0.4 is 10.3 Å². The highest BCUT2D eigenvalue weighted by Gasteiger charge is 2.21. The summed E-state index contributed by atoms with van der Waals surface area (Å²) in [4.78, 5) is 22.8. The number of aromatic carboxylic acids is 1. The summed E-state index contributed by atoms with van der Waals surface area (Å²) in [5.74, 6) is -0.495. The van der Waals surface area contributed by atoms with Crippen molar-refractivity contribution in [2.45, 2.75) is 19.8 Å². The Kier molecular flexibility index (Phi) is 3.65. The summed E-state index contributed by atoms with van der Waals surface area (Å²) in [5.41, 5.74) is 0.823. The predicted octanol–water partition coefficient (Wildman–Crippen LogP) is 2.20. The molecule has 3 N–H and O–H groups in total. The van der Waals surface area contributed by atoms with Crippen molar-refractivity contribution in [2.24, 2.45) is 0 Å². The third-order valence-corrected chi connectivity index (χ3v) is 3.15. The number of rotatable bonds is 4. The molecule has 20 heavy (non-hydrogen) atoms. The molecule has 0 aliphatic heterocycles. The molecule has 1 heterocycles. The van der Waals surface area contributed by atoms with Crippen molar-refractivity contribution < 1.29 is 14.6 Å². The zero-order valence-corrected chi connectivity index (χ0v) is 11.5. The molecular formula is C14H16N2O4. The van der Waals surface area contributed by atoms with E-state index in [1.165, 1.54) is 7.11 Å². The standard InChI is InChI=1S/C14H16N2O4/c1-7(2)8-4-5-10(20-3)9(6-8)12-11(14(18)19)13(17)16-15-12/h4-7H,1-3H3,(H,18,19)(H2,15,16,17). The minimum atomic E-state index is -1.28. The summed E-state index contributed by atoms with van der Waals surface area (Å²) < 4.78 is 5.25. The van der Waals surface area contributed by atoms with Crippen LogP contribution in [-0.4, -0.2) is 28.4 Å². The lowest BCUT2D eigenvalue weighted by atomic mass is 9.97. The van der Waals surface area contributed by atoms with Gasteiger partial charge in [0.1, 0.15) is 5.75 Å². The largest absolute Gasteiger partial charge is 0.496 e. The topological polar surface area (TPSA) is 95.2 Å². The summed E-state index contributed by atoms with van der Waals surface area (Å²) >= 11 is 0. The van der Waals surface area contributed by atoms with Gasteiger partial charge < -0.3 is 9.84 Å². The molecule has 6 heteroatoms. The second kappa shape index (κ2) is 5.24. The first-order valence-corrected chi connectivity index (χ1v) is 6.18. The van der Waals surface area contributed by atoms with Gasteiger partial charge >= 0.3 is 5.97 Å². The Morgan fingerprint density at radius 3 is 2.55 bits per heavy atom. The average Bonchev–Trinajstić information content (AvgIpc) is 2.79. The fourth-order valence-corrected chi connectivity index (χ4v) is 2.04. The maximum absolute atomic E-state index is 11.6. The van der Waals surface area contributed by atoms with Crippen molar-refractivity contribution in [3.05, 3.63) is 39.7 Å². The molecule has 1 aromatic heterocycles. The van der Waals surface area contributed by atoms with Crippen LogP contribution in [0.2, 0.25) is 0 Å². The number of aromatic nitrogens is 2. The lowest BCUT2D eigenvalue weighted by molar-refractivity contribution is 0.0696. The zero-order chi connectivity index (χ0) is 14.9. The zero-order valence-electron chi connectivity index (χ0n) is 11.5. The normalized spacial score (nSPS) is 10.8. The first-order chi connectivity index (χ1) is 9.45. The number of aromatic amines is 2. The number of carboxylic acids is 1. The van der Waals surface area contributed by atoms with Gasteiger partial charge in [0.25, 0.3) is 5.56 Å². The van der Waals surface area contributed by atoms with Crippen LogP contribution in [0, 0.1) is 0 Å². The summed E-state index contributed by atoms with van der Waals surface area (Å²) in [5, 5.41) is 14.1. The Labute approximate surface area is 115 Å². The molecule has 0 radical (unpaired) electrons. The quantitative estimate of drug-likeness (QED) is 0.797. The van der Waals surface area contributed by atoms with Crippen molar-refractivity contribution in [2.75, 3.05) is 7.11 Å². The van der Waals surface area contributed by atoms with Crippen LogP contribution in [0.25, 0.3) is 11.3 Å². The van der Waals surface area contributed by atoms with Crippen molar-refractivity contribution in [1.82, 2.24) is 10.2 Å². The van der Waals surface area contributed by atoms with E-state index in [2.05, 4.69) is 10.2 Å². The van der Waals surface area contributed by atoms with Gasteiger partial charge in [0.05, 0.1) is 12.8 Å². The van der Waals surface area contributed by atoms with Crippen LogP contribution in [0.15, 0.2) is 23.0 Å². The van der Waals surface area contributed by atoms with Gasteiger partial charge in [-0.15, -0.1) is 0 Å². The number of carbonyl (C=O) groups is 1. The molecule has 0 fully saturated rings. The maximum Gasteiger partial charge on any atom is 0.343 e.